The molecule has 1 atom stereocenters. The van der Waals surface area contributed by atoms with Gasteiger partial charge in [-0.25, -0.2) is 9.79 Å². The summed E-state index contributed by atoms with van der Waals surface area (Å²) in [5, 5.41) is 0. The number of methoxy groups -OCH3 is 1. The second-order valence-corrected chi connectivity index (χ2v) is 9.41. The number of carbonyl (C=O) groups is 1. The van der Waals surface area contributed by atoms with Crippen molar-refractivity contribution in [1.29, 1.82) is 0 Å². The number of carbonyl (C=O) groups excluding carboxylic acids is 1. The third-order valence-electron chi connectivity index (χ3n) is 5.85. The van der Waals surface area contributed by atoms with Gasteiger partial charge in [0.15, 0.2) is 4.80 Å². The summed E-state index contributed by atoms with van der Waals surface area (Å²) < 4.78 is 12.7. The van der Waals surface area contributed by atoms with E-state index in [2.05, 4.69) is 18.8 Å². The lowest BCUT2D eigenvalue weighted by atomic mass is 9.93. The molecule has 0 saturated heterocycles. The zero-order chi connectivity index (χ0) is 24.4. The molecule has 4 rings (SSSR count). The number of hydrogen-bond acceptors (Lipinski definition) is 6. The number of fused-ring (bicyclic) bond motifs is 1. The van der Waals surface area contributed by atoms with E-state index in [0.717, 1.165) is 16.9 Å². The van der Waals surface area contributed by atoms with Crippen LogP contribution in [0.1, 0.15) is 56.3 Å². The largest absolute Gasteiger partial charge is 0.497 e. The Balaban J connectivity index is 1.90. The van der Waals surface area contributed by atoms with Gasteiger partial charge >= 0.3 is 5.97 Å². The van der Waals surface area contributed by atoms with Gasteiger partial charge in [-0.15, -0.1) is 0 Å². The minimum atomic E-state index is -0.602. The second kappa shape index (κ2) is 9.81. The Bertz CT molecular complexity index is 1410. The first-order chi connectivity index (χ1) is 16.3. The predicted molar refractivity (Wildman–Crippen MR) is 134 cm³/mol. The van der Waals surface area contributed by atoms with E-state index in [1.165, 1.54) is 16.9 Å². The van der Waals surface area contributed by atoms with E-state index < -0.39 is 12.0 Å². The Morgan fingerprint density at radius 3 is 2.41 bits per heavy atom. The van der Waals surface area contributed by atoms with E-state index in [1.807, 2.05) is 54.6 Å². The van der Waals surface area contributed by atoms with Crippen molar-refractivity contribution in [3.05, 3.63) is 96.2 Å². The van der Waals surface area contributed by atoms with E-state index in [4.69, 9.17) is 9.47 Å². The molecule has 1 aliphatic heterocycles. The molecular weight excluding hydrogens is 448 g/mol. The fourth-order valence-electron chi connectivity index (χ4n) is 4.02. The molecule has 0 N–H and O–H groups in total. The lowest BCUT2D eigenvalue weighted by molar-refractivity contribution is -0.139. The van der Waals surface area contributed by atoms with Gasteiger partial charge in [0.05, 0.1) is 35.6 Å². The molecule has 1 aromatic heterocycles. The first-order valence-electron chi connectivity index (χ1n) is 11.3. The van der Waals surface area contributed by atoms with Crippen molar-refractivity contribution in [3.63, 3.8) is 0 Å². The van der Waals surface area contributed by atoms with Crippen molar-refractivity contribution in [3.8, 4) is 5.75 Å². The third kappa shape index (κ3) is 4.48. The number of nitrogens with zero attached hydrogens (tertiary/aromatic N) is 2. The summed E-state index contributed by atoms with van der Waals surface area (Å²) >= 11 is 1.31. The lowest BCUT2D eigenvalue weighted by Gasteiger charge is -2.25. The van der Waals surface area contributed by atoms with Gasteiger partial charge in [-0.1, -0.05) is 61.6 Å². The van der Waals surface area contributed by atoms with Crippen LogP contribution in [-0.2, 0) is 9.53 Å². The summed E-state index contributed by atoms with van der Waals surface area (Å²) in [5.41, 5.74) is 3.68. The van der Waals surface area contributed by atoms with Crippen molar-refractivity contribution in [2.45, 2.75) is 39.7 Å². The maximum atomic E-state index is 13.6. The molecular formula is C27H28N2O4S. The Labute approximate surface area is 202 Å². The fraction of sp³-hybridized carbons (Fsp3) is 0.296. The topological polar surface area (TPSA) is 69.9 Å². The molecule has 34 heavy (non-hydrogen) atoms. The Morgan fingerprint density at radius 2 is 1.82 bits per heavy atom. The van der Waals surface area contributed by atoms with Crippen molar-refractivity contribution < 1.29 is 14.3 Å². The highest BCUT2D eigenvalue weighted by Gasteiger charge is 2.33. The summed E-state index contributed by atoms with van der Waals surface area (Å²) in [6, 6.07) is 15.0. The van der Waals surface area contributed by atoms with Gasteiger partial charge in [-0.2, -0.15) is 0 Å². The van der Waals surface area contributed by atoms with E-state index in [1.54, 1.807) is 25.5 Å². The molecule has 0 amide bonds. The summed E-state index contributed by atoms with van der Waals surface area (Å²) in [6.07, 6.45) is 1.84. The van der Waals surface area contributed by atoms with Crippen LogP contribution >= 0.6 is 11.3 Å². The molecule has 7 heteroatoms. The van der Waals surface area contributed by atoms with Crippen molar-refractivity contribution in [1.82, 2.24) is 4.57 Å². The average molecular weight is 477 g/mol. The van der Waals surface area contributed by atoms with Crippen LogP contribution in [0, 0.1) is 0 Å². The molecule has 6 nitrogen and oxygen atoms in total. The average Bonchev–Trinajstić information content (AvgIpc) is 3.13. The van der Waals surface area contributed by atoms with Crippen molar-refractivity contribution in [2.24, 2.45) is 4.99 Å². The van der Waals surface area contributed by atoms with Gasteiger partial charge in [-0.05, 0) is 54.7 Å². The van der Waals surface area contributed by atoms with Gasteiger partial charge in [0, 0.05) is 0 Å². The molecule has 0 radical (unpaired) electrons. The van der Waals surface area contributed by atoms with Gasteiger partial charge in [0.25, 0.3) is 5.56 Å². The summed E-state index contributed by atoms with van der Waals surface area (Å²) in [6.45, 7) is 8.07. The maximum absolute atomic E-state index is 13.6. The summed E-state index contributed by atoms with van der Waals surface area (Å²) in [5.74, 6) is 0.673. The summed E-state index contributed by atoms with van der Waals surface area (Å²) in [4.78, 5) is 31.8. The van der Waals surface area contributed by atoms with Crippen LogP contribution in [0.2, 0.25) is 0 Å². The molecule has 176 valence electrons. The first-order valence-corrected chi connectivity index (χ1v) is 12.1. The van der Waals surface area contributed by atoms with Crippen LogP contribution in [0.5, 0.6) is 5.75 Å². The quantitative estimate of drug-likeness (QED) is 0.506. The van der Waals surface area contributed by atoms with Gasteiger partial charge in [0.1, 0.15) is 5.75 Å². The number of aromatic nitrogens is 1. The molecule has 2 heterocycles. The van der Waals surface area contributed by atoms with Crippen LogP contribution in [0.3, 0.4) is 0 Å². The highest BCUT2D eigenvalue weighted by Crippen LogP contribution is 2.31. The minimum absolute atomic E-state index is 0.188. The van der Waals surface area contributed by atoms with Crippen molar-refractivity contribution >= 4 is 23.4 Å². The van der Waals surface area contributed by atoms with Crippen LogP contribution in [0.4, 0.5) is 0 Å². The van der Waals surface area contributed by atoms with E-state index in [-0.39, 0.29) is 12.2 Å². The van der Waals surface area contributed by atoms with E-state index >= 15 is 0 Å². The zero-order valence-corrected chi connectivity index (χ0v) is 20.8. The zero-order valence-electron chi connectivity index (χ0n) is 20.0. The normalized spacial score (nSPS) is 15.8. The molecule has 2 aromatic carbocycles. The number of ether oxygens (including phenoxy) is 2. The van der Waals surface area contributed by atoms with E-state index in [0.29, 0.717) is 26.5 Å². The molecule has 0 aliphatic carbocycles. The molecule has 1 aliphatic rings. The molecule has 0 saturated carbocycles. The Morgan fingerprint density at radius 1 is 1.15 bits per heavy atom. The number of allylic oxidation sites excluding steroid dienone is 1. The highest BCUT2D eigenvalue weighted by molar-refractivity contribution is 7.07. The number of rotatable bonds is 6. The standard InChI is InChI=1S/C27H28N2O4S/c1-6-33-26(31)23-17(4)28-27-29(24(23)20-11-9-19(10-12-20)16(2)3)25(30)22(34-27)15-18-7-13-21(32-5)14-8-18/h7-16,24H,6H2,1-5H3. The van der Waals surface area contributed by atoms with Gasteiger partial charge in [0.2, 0.25) is 0 Å². The Hall–Kier alpha value is -3.45. The second-order valence-electron chi connectivity index (χ2n) is 8.40. The lowest BCUT2D eigenvalue weighted by Crippen LogP contribution is -2.39. The molecule has 0 spiro atoms. The number of thiazole rings is 1. The molecule has 3 aromatic rings. The Kier molecular flexibility index (Phi) is 6.84. The van der Waals surface area contributed by atoms with Gasteiger partial charge < -0.3 is 9.47 Å². The van der Waals surface area contributed by atoms with Crippen LogP contribution in [0.25, 0.3) is 6.08 Å². The highest BCUT2D eigenvalue weighted by atomic mass is 32.1. The number of esters is 1. The van der Waals surface area contributed by atoms with Gasteiger partial charge in [-0.3, -0.25) is 9.36 Å². The predicted octanol–water partition coefficient (Wildman–Crippen LogP) is 3.93. The SMILES string of the molecule is CCOC(=O)C1=C(C)N=c2sc(=Cc3ccc(OC)cc3)c(=O)n2C1c1ccc(C(C)C)cc1. The monoisotopic (exact) mass is 476 g/mol. The maximum Gasteiger partial charge on any atom is 0.338 e. The minimum Gasteiger partial charge on any atom is -0.497 e. The molecule has 0 bridgehead atoms. The fourth-order valence-corrected chi connectivity index (χ4v) is 5.07. The van der Waals surface area contributed by atoms with Crippen LogP contribution < -0.4 is 19.6 Å². The smallest absolute Gasteiger partial charge is 0.338 e. The van der Waals surface area contributed by atoms with Crippen LogP contribution in [0.15, 0.2) is 69.6 Å². The summed E-state index contributed by atoms with van der Waals surface area (Å²) in [7, 11) is 1.62. The molecule has 1 unspecified atom stereocenters. The molecule has 0 fully saturated rings. The third-order valence-corrected chi connectivity index (χ3v) is 6.83. The van der Waals surface area contributed by atoms with E-state index in [9.17, 15) is 9.59 Å². The first kappa shape index (κ1) is 23.7. The number of benzene rings is 2. The van der Waals surface area contributed by atoms with Crippen molar-refractivity contribution in [2.75, 3.05) is 13.7 Å². The number of hydrogen-bond donors (Lipinski definition) is 0. The van der Waals surface area contributed by atoms with Crippen LogP contribution in [-0.4, -0.2) is 24.3 Å².